The zero-order valence-electron chi connectivity index (χ0n) is 5.20. The fourth-order valence-corrected chi connectivity index (χ4v) is 1.92. The van der Waals surface area contributed by atoms with Gasteiger partial charge in [0.15, 0.2) is 0 Å². The van der Waals surface area contributed by atoms with Crippen molar-refractivity contribution < 1.29 is 0 Å². The van der Waals surface area contributed by atoms with E-state index in [1.54, 1.807) is 0 Å². The van der Waals surface area contributed by atoms with Crippen LogP contribution in [0.15, 0.2) is 21.1 Å². The van der Waals surface area contributed by atoms with E-state index in [0.29, 0.717) is 5.69 Å². The van der Waals surface area contributed by atoms with E-state index < -0.39 is 0 Å². The molecule has 2 N–H and O–H groups in total. The Morgan fingerprint density at radius 1 is 1.20 bits per heavy atom. The van der Waals surface area contributed by atoms with Crippen LogP contribution in [0.5, 0.6) is 0 Å². The maximum Gasteiger partial charge on any atom is 0.129 e. The predicted octanol–water partition coefficient (Wildman–Crippen LogP) is 2.98. The number of halogens is 2. The van der Waals surface area contributed by atoms with Crippen LogP contribution >= 0.6 is 31.9 Å². The molecule has 0 aliphatic rings. The lowest BCUT2D eigenvalue weighted by Crippen LogP contribution is -1.88. The molecule has 0 saturated carbocycles. The highest BCUT2D eigenvalue weighted by molar-refractivity contribution is 9.11. The van der Waals surface area contributed by atoms with Gasteiger partial charge in [0, 0.05) is 6.92 Å². The summed E-state index contributed by atoms with van der Waals surface area (Å²) < 4.78 is 1.76. The second-order valence-corrected chi connectivity index (χ2v) is 3.68. The lowest BCUT2D eigenvalue weighted by atomic mass is 10.2. The van der Waals surface area contributed by atoms with Crippen LogP contribution in [0.4, 0.5) is 5.69 Å². The molecule has 52 valence electrons. The number of nitrogen functional groups attached to an aromatic ring is 1. The number of nitrogens with two attached hydrogens (primary N) is 1. The molecule has 0 heterocycles. The molecule has 3 heteroatoms. The van der Waals surface area contributed by atoms with Crippen LogP contribution in [0.3, 0.4) is 0 Å². The second-order valence-electron chi connectivity index (χ2n) is 1.97. The van der Waals surface area contributed by atoms with Crippen molar-refractivity contribution >= 4 is 37.5 Å². The minimum absolute atomic E-state index is 0.715. The van der Waals surface area contributed by atoms with Gasteiger partial charge >= 0.3 is 0 Å². The normalized spacial score (nSPS) is 9.80. The summed E-state index contributed by atoms with van der Waals surface area (Å²) in [7, 11) is 0. The average Bonchev–Trinajstić information content (AvgIpc) is 1.82. The van der Waals surface area contributed by atoms with Gasteiger partial charge in [-0.1, -0.05) is 0 Å². The highest BCUT2D eigenvalue weighted by atomic mass is 79.9. The highest BCUT2D eigenvalue weighted by Gasteiger charge is 2.06. The molecule has 0 atom stereocenters. The van der Waals surface area contributed by atoms with E-state index in [0.717, 1.165) is 14.5 Å². The van der Waals surface area contributed by atoms with Crippen LogP contribution in [0.2, 0.25) is 0 Å². The summed E-state index contributed by atoms with van der Waals surface area (Å²) in [6.07, 6.45) is 0. The third-order valence-electron chi connectivity index (χ3n) is 1.14. The Labute approximate surface area is 76.9 Å². The third-order valence-corrected chi connectivity index (χ3v) is 2.45. The van der Waals surface area contributed by atoms with Gasteiger partial charge in [0.2, 0.25) is 0 Å². The summed E-state index contributed by atoms with van der Waals surface area (Å²) >= 11 is 6.60. The van der Waals surface area contributed by atoms with Crippen molar-refractivity contribution in [2.24, 2.45) is 0 Å². The first-order chi connectivity index (χ1) is 4.61. The summed E-state index contributed by atoms with van der Waals surface area (Å²) in [6.45, 7) is 3.77. The lowest BCUT2D eigenvalue weighted by Gasteiger charge is -1.95. The zero-order chi connectivity index (χ0) is 7.72. The number of benzene rings is 1. The molecule has 0 aliphatic heterocycles. The molecule has 0 spiro atoms. The van der Waals surface area contributed by atoms with Crippen molar-refractivity contribution in [1.82, 2.24) is 0 Å². The van der Waals surface area contributed by atoms with Crippen molar-refractivity contribution in [3.05, 3.63) is 33.6 Å². The molecule has 1 nitrogen and oxygen atoms in total. The summed E-state index contributed by atoms with van der Waals surface area (Å²) in [5.41, 5.74) is 7.28. The quantitative estimate of drug-likeness (QED) is 0.565. The Bertz CT molecular complexity index is 235. The Morgan fingerprint density at radius 2 is 1.60 bits per heavy atom. The molecular weight excluding hydrogens is 258 g/mol. The molecule has 0 aliphatic carbocycles. The largest absolute Gasteiger partial charge is 0.395 e. The van der Waals surface area contributed by atoms with Crippen molar-refractivity contribution in [2.45, 2.75) is 0 Å². The molecule has 0 fully saturated rings. The maximum atomic E-state index is 5.63. The first-order valence-electron chi connectivity index (χ1n) is 2.67. The first-order valence-corrected chi connectivity index (χ1v) is 4.26. The first kappa shape index (κ1) is 7.95. The number of hydrogen-bond donors (Lipinski definition) is 1. The minimum Gasteiger partial charge on any atom is -0.395 e. The molecule has 0 bridgehead atoms. The lowest BCUT2D eigenvalue weighted by molar-refractivity contribution is 1.53. The Morgan fingerprint density at radius 3 is 2.00 bits per heavy atom. The molecule has 0 unspecified atom stereocenters. The van der Waals surface area contributed by atoms with Crippen LogP contribution in [0, 0.1) is 6.92 Å². The summed E-state index contributed by atoms with van der Waals surface area (Å²) in [6, 6.07) is 3.75. The van der Waals surface area contributed by atoms with E-state index in [2.05, 4.69) is 38.8 Å². The van der Waals surface area contributed by atoms with Gasteiger partial charge in [-0.05, 0) is 31.9 Å². The van der Waals surface area contributed by atoms with Crippen LogP contribution in [-0.2, 0) is 0 Å². The van der Waals surface area contributed by atoms with Gasteiger partial charge in [-0.25, -0.2) is 0 Å². The number of anilines is 1. The molecule has 0 saturated heterocycles. The molecule has 0 radical (unpaired) electrons. The molecule has 1 aromatic carbocycles. The van der Waals surface area contributed by atoms with Crippen molar-refractivity contribution in [3.63, 3.8) is 0 Å². The topological polar surface area (TPSA) is 26.0 Å². The van der Waals surface area contributed by atoms with Gasteiger partial charge in [-0.2, -0.15) is 0 Å². The molecule has 0 amide bonds. The van der Waals surface area contributed by atoms with Crippen molar-refractivity contribution in [2.75, 3.05) is 5.73 Å². The monoisotopic (exact) mass is 262 g/mol. The van der Waals surface area contributed by atoms with E-state index in [1.807, 2.05) is 12.1 Å². The number of hydrogen-bond acceptors (Lipinski definition) is 1. The fourth-order valence-electron chi connectivity index (χ4n) is 0.637. The smallest absolute Gasteiger partial charge is 0.129 e. The van der Waals surface area contributed by atoms with Crippen LogP contribution in [0.25, 0.3) is 0 Å². The van der Waals surface area contributed by atoms with Gasteiger partial charge in [0.1, 0.15) is 5.56 Å². The molecule has 0 aromatic heterocycles. The van der Waals surface area contributed by atoms with Gasteiger partial charge in [-0.15, -0.1) is 0 Å². The summed E-state index contributed by atoms with van der Waals surface area (Å²) in [5.74, 6) is 0. The van der Waals surface area contributed by atoms with Crippen LogP contribution < -0.4 is 5.73 Å². The molecule has 10 heavy (non-hydrogen) atoms. The Balaban J connectivity index is 3.31. The average molecular weight is 264 g/mol. The second kappa shape index (κ2) is 2.84. The van der Waals surface area contributed by atoms with E-state index in [1.165, 1.54) is 0 Å². The third kappa shape index (κ3) is 1.47. The van der Waals surface area contributed by atoms with Crippen LogP contribution in [-0.4, -0.2) is 0 Å². The Hall–Kier alpha value is -0.150. The predicted molar refractivity (Wildman–Crippen MR) is 50.7 cm³/mol. The number of rotatable bonds is 0. The molecule has 1 aromatic rings. The fraction of sp³-hybridized carbons (Fsp3) is 0. The highest BCUT2D eigenvalue weighted by Crippen LogP contribution is 2.28. The van der Waals surface area contributed by atoms with Crippen molar-refractivity contribution in [3.8, 4) is 0 Å². The van der Waals surface area contributed by atoms with E-state index in [9.17, 15) is 0 Å². The molecule has 1 rings (SSSR count). The summed E-state index contributed by atoms with van der Waals surface area (Å²) in [4.78, 5) is 0. The van der Waals surface area contributed by atoms with Gasteiger partial charge < -0.3 is 5.73 Å². The van der Waals surface area contributed by atoms with Gasteiger partial charge in [-0.3, -0.25) is 0 Å². The Kier molecular flexibility index (Phi) is 2.26. The maximum absolute atomic E-state index is 5.63. The van der Waals surface area contributed by atoms with E-state index >= 15 is 0 Å². The summed E-state index contributed by atoms with van der Waals surface area (Å²) in [5, 5.41) is 0. The standard InChI is InChI=1S/C7H6Br2N/c1-4-2-5(8)7(10)6(9)3-4/h2-3H,1,10H2/q+1. The van der Waals surface area contributed by atoms with E-state index in [-0.39, 0.29) is 0 Å². The zero-order valence-corrected chi connectivity index (χ0v) is 8.37. The molecular formula is C7H6Br2N+. The van der Waals surface area contributed by atoms with Crippen LogP contribution in [0.1, 0.15) is 5.56 Å². The van der Waals surface area contributed by atoms with Gasteiger partial charge in [0.05, 0.1) is 26.8 Å². The minimum atomic E-state index is 0.715. The van der Waals surface area contributed by atoms with Crippen molar-refractivity contribution in [1.29, 1.82) is 0 Å². The van der Waals surface area contributed by atoms with E-state index in [4.69, 9.17) is 5.73 Å². The van der Waals surface area contributed by atoms with Gasteiger partial charge in [0.25, 0.3) is 0 Å². The SMILES string of the molecule is [CH2+]c1cc(Br)c(N)c(Br)c1.